The van der Waals surface area contributed by atoms with Crippen LogP contribution in [-0.4, -0.2) is 25.7 Å². The van der Waals surface area contributed by atoms with Gasteiger partial charge in [0.05, 0.1) is 22.5 Å². The molecular weight excluding hydrogens is 374 g/mol. The third-order valence-electron chi connectivity index (χ3n) is 5.61. The lowest BCUT2D eigenvalue weighted by molar-refractivity contribution is 0.0962. The fourth-order valence-electron chi connectivity index (χ4n) is 3.97. The molecule has 6 nitrogen and oxygen atoms in total. The van der Waals surface area contributed by atoms with Gasteiger partial charge in [0.25, 0.3) is 0 Å². The number of benzene rings is 2. The average molecular weight is 395 g/mol. The van der Waals surface area contributed by atoms with Gasteiger partial charge in [0.1, 0.15) is 0 Å². The first-order valence-electron chi connectivity index (χ1n) is 10.0. The molecule has 30 heavy (non-hydrogen) atoms. The molecular formula is C24H21N5O. The van der Waals surface area contributed by atoms with Crippen molar-refractivity contribution in [3.05, 3.63) is 82.8 Å². The molecule has 0 aliphatic heterocycles. The topological polar surface area (TPSA) is 80.7 Å². The third-order valence-corrected chi connectivity index (χ3v) is 5.61. The minimum atomic E-state index is 0.0891. The van der Waals surface area contributed by atoms with Crippen molar-refractivity contribution in [3.8, 4) is 0 Å². The number of rotatable bonds is 3. The first kappa shape index (κ1) is 18.4. The van der Waals surface area contributed by atoms with E-state index in [1.807, 2.05) is 31.2 Å². The lowest BCUT2D eigenvalue weighted by atomic mass is 9.82. The van der Waals surface area contributed by atoms with E-state index in [1.54, 1.807) is 6.20 Å². The van der Waals surface area contributed by atoms with Crippen LogP contribution in [0, 0.1) is 13.8 Å². The number of hydrogen-bond donors (Lipinski definition) is 1. The van der Waals surface area contributed by atoms with Crippen molar-refractivity contribution >= 4 is 28.6 Å². The van der Waals surface area contributed by atoms with Crippen molar-refractivity contribution in [2.45, 2.75) is 32.6 Å². The largest absolute Gasteiger partial charge is 0.294 e. The van der Waals surface area contributed by atoms with Crippen LogP contribution in [-0.2, 0) is 6.42 Å². The molecule has 148 valence electrons. The maximum absolute atomic E-state index is 12.7. The van der Waals surface area contributed by atoms with Crippen LogP contribution >= 0.6 is 0 Å². The summed E-state index contributed by atoms with van der Waals surface area (Å²) in [6, 6.07) is 16.2. The molecule has 1 N–H and O–H groups in total. The Morgan fingerprint density at radius 1 is 0.900 bits per heavy atom. The Kier molecular flexibility index (Phi) is 4.47. The Hall–Kier alpha value is -3.67. The molecule has 0 unspecified atom stereocenters. The normalized spacial score (nSPS) is 15.8. The van der Waals surface area contributed by atoms with Crippen LogP contribution in [0.3, 0.4) is 0 Å². The van der Waals surface area contributed by atoms with Gasteiger partial charge in [-0.05, 0) is 37.8 Å². The van der Waals surface area contributed by atoms with Gasteiger partial charge in [-0.25, -0.2) is 19.9 Å². The maximum Gasteiger partial charge on any atom is 0.230 e. The number of ketones is 1. The summed E-state index contributed by atoms with van der Waals surface area (Å²) in [5.74, 6) is 1.07. The molecule has 1 atom stereocenters. The van der Waals surface area contributed by atoms with E-state index >= 15 is 0 Å². The number of nitrogens with zero attached hydrogens (tertiary/aromatic N) is 4. The molecule has 0 saturated carbocycles. The van der Waals surface area contributed by atoms with Crippen molar-refractivity contribution in [3.63, 3.8) is 0 Å². The zero-order valence-electron chi connectivity index (χ0n) is 16.9. The number of nitrogens with one attached hydrogen (secondary N) is 1. The smallest absolute Gasteiger partial charge is 0.230 e. The monoisotopic (exact) mass is 395 g/mol. The molecule has 0 amide bonds. The van der Waals surface area contributed by atoms with E-state index in [0.717, 1.165) is 22.3 Å². The van der Waals surface area contributed by atoms with Crippen molar-refractivity contribution in [2.75, 3.05) is 5.32 Å². The van der Waals surface area contributed by atoms with E-state index < -0.39 is 0 Å². The number of anilines is 2. The first-order valence-corrected chi connectivity index (χ1v) is 10.0. The molecule has 2 heterocycles. The van der Waals surface area contributed by atoms with Gasteiger partial charge in [-0.15, -0.1) is 0 Å². The van der Waals surface area contributed by atoms with Gasteiger partial charge in [-0.3, -0.25) is 10.1 Å². The van der Waals surface area contributed by atoms with E-state index in [1.165, 1.54) is 11.1 Å². The zero-order valence-corrected chi connectivity index (χ0v) is 16.9. The predicted molar refractivity (Wildman–Crippen MR) is 116 cm³/mol. The number of aromatic nitrogens is 4. The Balaban J connectivity index is 1.45. The molecule has 1 aliphatic carbocycles. The van der Waals surface area contributed by atoms with Crippen LogP contribution in [0.5, 0.6) is 0 Å². The van der Waals surface area contributed by atoms with Gasteiger partial charge in [-0.2, -0.15) is 0 Å². The van der Waals surface area contributed by atoms with Crippen molar-refractivity contribution in [1.82, 2.24) is 19.9 Å². The van der Waals surface area contributed by atoms with Gasteiger partial charge < -0.3 is 0 Å². The summed E-state index contributed by atoms with van der Waals surface area (Å²) in [5.41, 5.74) is 5.50. The Morgan fingerprint density at radius 3 is 2.53 bits per heavy atom. The van der Waals surface area contributed by atoms with Crippen LogP contribution in [0.1, 0.15) is 45.2 Å². The SMILES string of the molecule is Cc1ccc([C@@H]2CC(=O)c3cnc(Nc4nc(C)c5ccccc5n4)nc3C2)cc1. The van der Waals surface area contributed by atoms with E-state index in [0.29, 0.717) is 30.3 Å². The molecule has 2 aromatic heterocycles. The highest BCUT2D eigenvalue weighted by atomic mass is 16.1. The summed E-state index contributed by atoms with van der Waals surface area (Å²) in [7, 11) is 0. The number of Topliss-reactive ketones (excluding diaryl/α,β-unsaturated/α-hetero) is 1. The van der Waals surface area contributed by atoms with Gasteiger partial charge in [-0.1, -0.05) is 48.0 Å². The predicted octanol–water partition coefficient (Wildman–Crippen LogP) is 4.69. The molecule has 6 heteroatoms. The van der Waals surface area contributed by atoms with Gasteiger partial charge in [0, 0.05) is 18.0 Å². The fraction of sp³-hybridized carbons (Fsp3) is 0.208. The highest BCUT2D eigenvalue weighted by molar-refractivity contribution is 5.98. The second-order valence-corrected chi connectivity index (χ2v) is 7.77. The highest BCUT2D eigenvalue weighted by Gasteiger charge is 2.28. The minimum Gasteiger partial charge on any atom is -0.294 e. The van der Waals surface area contributed by atoms with Crippen molar-refractivity contribution < 1.29 is 4.79 Å². The number of fused-ring (bicyclic) bond motifs is 2. The van der Waals surface area contributed by atoms with E-state index in [9.17, 15) is 4.79 Å². The molecule has 0 radical (unpaired) electrons. The first-order chi connectivity index (χ1) is 14.6. The van der Waals surface area contributed by atoms with Crippen molar-refractivity contribution in [1.29, 1.82) is 0 Å². The number of hydrogen-bond acceptors (Lipinski definition) is 6. The maximum atomic E-state index is 12.7. The zero-order chi connectivity index (χ0) is 20.7. The van der Waals surface area contributed by atoms with Gasteiger partial charge in [0.2, 0.25) is 11.9 Å². The summed E-state index contributed by atoms with van der Waals surface area (Å²) in [4.78, 5) is 30.7. The molecule has 4 aromatic rings. The summed E-state index contributed by atoms with van der Waals surface area (Å²) >= 11 is 0. The molecule has 0 spiro atoms. The third kappa shape index (κ3) is 3.41. The average Bonchev–Trinajstić information content (AvgIpc) is 2.74. The van der Waals surface area contributed by atoms with Crippen LogP contribution in [0.2, 0.25) is 0 Å². The molecule has 0 bridgehead atoms. The number of aryl methyl sites for hydroxylation is 2. The Morgan fingerprint density at radius 2 is 1.70 bits per heavy atom. The van der Waals surface area contributed by atoms with Gasteiger partial charge >= 0.3 is 0 Å². The number of para-hydroxylation sites is 1. The molecule has 2 aromatic carbocycles. The lowest BCUT2D eigenvalue weighted by Crippen LogP contribution is -2.21. The lowest BCUT2D eigenvalue weighted by Gasteiger charge is -2.23. The molecule has 0 fully saturated rings. The van der Waals surface area contributed by atoms with E-state index in [4.69, 9.17) is 0 Å². The summed E-state index contributed by atoms with van der Waals surface area (Å²) in [6.45, 7) is 4.01. The van der Waals surface area contributed by atoms with Crippen LogP contribution in [0.15, 0.2) is 54.7 Å². The second-order valence-electron chi connectivity index (χ2n) is 7.77. The Labute approximate surface area is 174 Å². The standard InChI is InChI=1S/C24H21N5O/c1-14-7-9-16(10-8-14)17-11-21-19(22(30)12-17)13-25-23(28-21)29-24-26-15(2)18-5-3-4-6-20(18)27-24/h3-10,13,17H,11-12H2,1-2H3,(H,25,26,27,28,29)/t17-/m0/s1. The number of carbonyl (C=O) groups is 1. The van der Waals surface area contributed by atoms with E-state index in [2.05, 4.69) is 56.4 Å². The summed E-state index contributed by atoms with van der Waals surface area (Å²) in [5, 5.41) is 4.12. The minimum absolute atomic E-state index is 0.0891. The summed E-state index contributed by atoms with van der Waals surface area (Å²) < 4.78 is 0. The highest BCUT2D eigenvalue weighted by Crippen LogP contribution is 2.32. The van der Waals surface area contributed by atoms with Crippen LogP contribution in [0.4, 0.5) is 11.9 Å². The van der Waals surface area contributed by atoms with Gasteiger partial charge in [0.15, 0.2) is 5.78 Å². The van der Waals surface area contributed by atoms with Crippen LogP contribution in [0.25, 0.3) is 10.9 Å². The quantitative estimate of drug-likeness (QED) is 0.542. The second kappa shape index (κ2) is 7.30. The molecule has 1 aliphatic rings. The molecule has 5 rings (SSSR count). The summed E-state index contributed by atoms with van der Waals surface area (Å²) in [6.07, 6.45) is 2.81. The Bertz CT molecular complexity index is 1270. The van der Waals surface area contributed by atoms with Crippen LogP contribution < -0.4 is 5.32 Å². The van der Waals surface area contributed by atoms with Crippen molar-refractivity contribution in [2.24, 2.45) is 0 Å². The fourth-order valence-corrected chi connectivity index (χ4v) is 3.97. The molecule has 0 saturated heterocycles. The van der Waals surface area contributed by atoms with E-state index in [-0.39, 0.29) is 11.7 Å². The number of carbonyl (C=O) groups excluding carboxylic acids is 1.